The summed E-state index contributed by atoms with van der Waals surface area (Å²) in [6, 6.07) is 3.85. The van der Waals surface area contributed by atoms with E-state index >= 15 is 0 Å². The van der Waals surface area contributed by atoms with Crippen molar-refractivity contribution in [1.82, 2.24) is 14.6 Å². The normalized spacial score (nSPS) is 11.9. The number of halogens is 2. The number of aliphatic hydroxyl groups excluding tert-OH is 1. The van der Waals surface area contributed by atoms with Gasteiger partial charge in [0.05, 0.1) is 6.10 Å². The van der Waals surface area contributed by atoms with E-state index in [-0.39, 0.29) is 35.2 Å². The lowest BCUT2D eigenvalue weighted by Crippen LogP contribution is -2.41. The zero-order valence-corrected chi connectivity index (χ0v) is 19.6. The highest BCUT2D eigenvalue weighted by Crippen LogP contribution is 2.31. The number of likely N-dealkylation sites (N-methyl/N-ethyl adjacent to an activating group) is 1. The van der Waals surface area contributed by atoms with E-state index in [1.54, 1.807) is 6.07 Å². The molecule has 2 rings (SSSR count). The number of anilines is 1. The predicted molar refractivity (Wildman–Crippen MR) is 120 cm³/mol. The summed E-state index contributed by atoms with van der Waals surface area (Å²) in [6.07, 6.45) is -0.748. The number of aliphatic hydroxyl groups is 1. The van der Waals surface area contributed by atoms with Gasteiger partial charge in [0.2, 0.25) is 5.88 Å². The molecule has 0 saturated heterocycles. The second kappa shape index (κ2) is 11.9. The molecule has 5 N–H and O–H groups in total. The topological polar surface area (TPSA) is 130 Å². The van der Waals surface area contributed by atoms with E-state index in [0.717, 1.165) is 24.6 Å². The molecular weight excluding hydrogens is 493 g/mol. The first kappa shape index (κ1) is 25.0. The molecule has 31 heavy (non-hydrogen) atoms. The van der Waals surface area contributed by atoms with Gasteiger partial charge in [-0.1, -0.05) is 35.8 Å². The van der Waals surface area contributed by atoms with E-state index in [9.17, 15) is 19.1 Å². The van der Waals surface area contributed by atoms with Crippen LogP contribution in [0, 0.1) is 5.82 Å². The van der Waals surface area contributed by atoms with Crippen molar-refractivity contribution in [3.8, 4) is 5.88 Å². The van der Waals surface area contributed by atoms with Gasteiger partial charge in [-0.15, -0.1) is 0 Å². The SMILES string of the molecule is CCN(CC)CC(O)CNC(=O)Nc1snc(OCc2ccc(Br)cc2F)c1C(N)=O. The first-order chi connectivity index (χ1) is 14.7. The predicted octanol–water partition coefficient (Wildman–Crippen LogP) is 2.55. The van der Waals surface area contributed by atoms with Gasteiger partial charge in [-0.2, -0.15) is 4.37 Å². The summed E-state index contributed by atoms with van der Waals surface area (Å²) in [5.74, 6) is -1.43. The van der Waals surface area contributed by atoms with Gasteiger partial charge in [0.1, 0.15) is 23.0 Å². The fraction of sp³-hybridized carbons (Fsp3) is 0.421. The van der Waals surface area contributed by atoms with E-state index in [1.807, 2.05) is 18.7 Å². The molecule has 2 aromatic rings. The zero-order valence-electron chi connectivity index (χ0n) is 17.2. The van der Waals surface area contributed by atoms with Crippen LogP contribution >= 0.6 is 27.5 Å². The Kier molecular flexibility index (Phi) is 9.62. The van der Waals surface area contributed by atoms with Crippen LogP contribution < -0.4 is 21.1 Å². The van der Waals surface area contributed by atoms with E-state index in [1.165, 1.54) is 12.1 Å². The van der Waals surface area contributed by atoms with Crippen LogP contribution in [-0.4, -0.2) is 58.6 Å². The molecule has 1 aromatic heterocycles. The van der Waals surface area contributed by atoms with Gasteiger partial charge in [-0.05, 0) is 36.8 Å². The van der Waals surface area contributed by atoms with Crippen molar-refractivity contribution in [2.45, 2.75) is 26.6 Å². The maximum atomic E-state index is 14.0. The van der Waals surface area contributed by atoms with Crippen molar-refractivity contribution < 1.29 is 23.8 Å². The minimum Gasteiger partial charge on any atom is -0.471 e. The third-order valence-corrected chi connectivity index (χ3v) is 5.61. The van der Waals surface area contributed by atoms with Crippen molar-refractivity contribution in [1.29, 1.82) is 0 Å². The maximum absolute atomic E-state index is 14.0. The van der Waals surface area contributed by atoms with Gasteiger partial charge in [0.15, 0.2) is 0 Å². The first-order valence-corrected chi connectivity index (χ1v) is 11.1. The molecular formula is C19H25BrFN5O4S. The number of ether oxygens (including phenoxy) is 1. The van der Waals surface area contributed by atoms with E-state index < -0.39 is 23.9 Å². The Balaban J connectivity index is 1.98. The van der Waals surface area contributed by atoms with Crippen LogP contribution in [-0.2, 0) is 6.61 Å². The molecule has 0 aliphatic carbocycles. The molecule has 170 valence electrons. The molecule has 0 fully saturated rings. The highest BCUT2D eigenvalue weighted by molar-refractivity contribution is 9.10. The van der Waals surface area contributed by atoms with Crippen LogP contribution in [0.5, 0.6) is 5.88 Å². The largest absolute Gasteiger partial charge is 0.471 e. The summed E-state index contributed by atoms with van der Waals surface area (Å²) in [6.45, 7) is 5.81. The second-order valence-electron chi connectivity index (χ2n) is 6.56. The number of benzene rings is 1. The monoisotopic (exact) mass is 517 g/mol. The highest BCUT2D eigenvalue weighted by atomic mass is 79.9. The Bertz CT molecular complexity index is 909. The molecule has 0 saturated carbocycles. The van der Waals surface area contributed by atoms with Crippen molar-refractivity contribution >= 4 is 44.4 Å². The number of primary amides is 1. The minimum atomic E-state index is -0.850. The lowest BCUT2D eigenvalue weighted by molar-refractivity contribution is 0.0996. The van der Waals surface area contributed by atoms with Gasteiger partial charge < -0.3 is 25.8 Å². The Morgan fingerprint density at radius 2 is 2.10 bits per heavy atom. The number of hydrogen-bond acceptors (Lipinski definition) is 7. The van der Waals surface area contributed by atoms with Crippen molar-refractivity contribution in [3.05, 3.63) is 39.6 Å². The third kappa shape index (κ3) is 7.42. The number of aromatic nitrogens is 1. The Labute approximate surface area is 192 Å². The molecule has 12 heteroatoms. The van der Waals surface area contributed by atoms with Gasteiger partial charge >= 0.3 is 6.03 Å². The quantitative estimate of drug-likeness (QED) is 0.362. The van der Waals surface area contributed by atoms with Gasteiger partial charge in [-0.3, -0.25) is 10.1 Å². The maximum Gasteiger partial charge on any atom is 0.320 e. The lowest BCUT2D eigenvalue weighted by atomic mass is 10.2. The average molecular weight is 518 g/mol. The fourth-order valence-corrected chi connectivity index (χ4v) is 3.73. The summed E-state index contributed by atoms with van der Waals surface area (Å²) in [4.78, 5) is 26.1. The molecule has 1 unspecified atom stereocenters. The molecule has 0 spiro atoms. The zero-order chi connectivity index (χ0) is 23.0. The van der Waals surface area contributed by atoms with E-state index in [4.69, 9.17) is 10.5 Å². The number of hydrogen-bond donors (Lipinski definition) is 4. The van der Waals surface area contributed by atoms with Crippen LogP contribution in [0.25, 0.3) is 0 Å². The molecule has 0 radical (unpaired) electrons. The van der Waals surface area contributed by atoms with Crippen LogP contribution in [0.15, 0.2) is 22.7 Å². The van der Waals surface area contributed by atoms with Crippen molar-refractivity contribution in [2.24, 2.45) is 5.73 Å². The lowest BCUT2D eigenvalue weighted by Gasteiger charge is -2.21. The second-order valence-corrected chi connectivity index (χ2v) is 8.24. The number of carbonyl (C=O) groups excluding carboxylic acids is 2. The third-order valence-electron chi connectivity index (χ3n) is 4.38. The van der Waals surface area contributed by atoms with Gasteiger partial charge in [0.25, 0.3) is 5.91 Å². The van der Waals surface area contributed by atoms with Gasteiger partial charge in [0, 0.05) is 23.1 Å². The van der Waals surface area contributed by atoms with E-state index in [2.05, 4.69) is 30.9 Å². The highest BCUT2D eigenvalue weighted by Gasteiger charge is 2.22. The van der Waals surface area contributed by atoms with Crippen molar-refractivity contribution in [2.75, 3.05) is 31.5 Å². The van der Waals surface area contributed by atoms with Gasteiger partial charge in [-0.25, -0.2) is 9.18 Å². The number of urea groups is 1. The Morgan fingerprint density at radius 1 is 1.39 bits per heavy atom. The number of nitrogens with one attached hydrogen (secondary N) is 2. The van der Waals surface area contributed by atoms with E-state index in [0.29, 0.717) is 11.0 Å². The van der Waals surface area contributed by atoms with Crippen LogP contribution in [0.2, 0.25) is 0 Å². The number of nitrogens with two attached hydrogens (primary N) is 1. The van der Waals surface area contributed by atoms with Crippen LogP contribution in [0.3, 0.4) is 0 Å². The number of nitrogens with zero attached hydrogens (tertiary/aromatic N) is 2. The first-order valence-electron chi connectivity index (χ1n) is 9.56. The molecule has 1 aromatic carbocycles. The standard InChI is InChI=1S/C19H25BrFN5O4S/c1-3-26(4-2)9-13(27)8-23-19(29)24-18-15(16(22)28)17(25-31-18)30-10-11-5-6-12(20)7-14(11)21/h5-7,13,27H,3-4,8-10H2,1-2H3,(H2,22,28)(H2,23,24,29). The number of carbonyl (C=O) groups is 2. The number of rotatable bonds is 11. The van der Waals surface area contributed by atoms with Crippen LogP contribution in [0.4, 0.5) is 14.2 Å². The average Bonchev–Trinajstić information content (AvgIpc) is 3.12. The molecule has 0 aliphatic rings. The summed E-state index contributed by atoms with van der Waals surface area (Å²) in [5, 5.41) is 15.2. The molecule has 1 atom stereocenters. The smallest absolute Gasteiger partial charge is 0.320 e. The summed E-state index contributed by atoms with van der Waals surface area (Å²) in [7, 11) is 0. The Hall–Kier alpha value is -2.28. The molecule has 9 nitrogen and oxygen atoms in total. The molecule has 0 aliphatic heterocycles. The summed E-state index contributed by atoms with van der Waals surface area (Å²) < 4.78 is 24.0. The minimum absolute atomic E-state index is 0.0270. The summed E-state index contributed by atoms with van der Waals surface area (Å²) >= 11 is 3.98. The molecule has 0 bridgehead atoms. The summed E-state index contributed by atoms with van der Waals surface area (Å²) in [5.41, 5.74) is 5.57. The van der Waals surface area contributed by atoms with Crippen LogP contribution in [0.1, 0.15) is 29.8 Å². The fourth-order valence-electron chi connectivity index (χ4n) is 2.66. The Morgan fingerprint density at radius 3 is 2.71 bits per heavy atom. The number of amides is 3. The molecule has 3 amide bonds. The molecule has 1 heterocycles. The van der Waals surface area contributed by atoms with Crippen molar-refractivity contribution in [3.63, 3.8) is 0 Å².